The van der Waals surface area contributed by atoms with Crippen molar-refractivity contribution in [3.05, 3.63) is 83.4 Å². The Morgan fingerprint density at radius 3 is 2.68 bits per heavy atom. The number of hydrogen-bond donors (Lipinski definition) is 1. The van der Waals surface area contributed by atoms with E-state index in [1.807, 2.05) is 73.0 Å². The fourth-order valence-electron chi connectivity index (χ4n) is 2.86. The van der Waals surface area contributed by atoms with Gasteiger partial charge in [0.15, 0.2) is 11.7 Å². The first-order valence-electron chi connectivity index (χ1n) is 9.60. The molecule has 4 aromatic rings. The summed E-state index contributed by atoms with van der Waals surface area (Å²) < 4.78 is 5.00. The lowest BCUT2D eigenvalue weighted by atomic mass is 10.1. The first kappa shape index (κ1) is 20.4. The van der Waals surface area contributed by atoms with Gasteiger partial charge in [0.2, 0.25) is 0 Å². The zero-order valence-corrected chi connectivity index (χ0v) is 17.6. The van der Waals surface area contributed by atoms with Gasteiger partial charge in [0.05, 0.1) is 16.9 Å². The Morgan fingerprint density at radius 2 is 1.84 bits per heavy atom. The molecule has 0 unspecified atom stereocenters. The van der Waals surface area contributed by atoms with Crippen molar-refractivity contribution in [2.75, 3.05) is 11.9 Å². The van der Waals surface area contributed by atoms with E-state index in [1.54, 1.807) is 6.08 Å². The van der Waals surface area contributed by atoms with Crippen molar-refractivity contribution in [1.82, 2.24) is 9.97 Å². The number of anilines is 1. The molecule has 0 aliphatic rings. The van der Waals surface area contributed by atoms with E-state index < -0.39 is 18.5 Å². The van der Waals surface area contributed by atoms with Gasteiger partial charge in [-0.25, -0.2) is 14.8 Å². The topological polar surface area (TPSA) is 81.2 Å². The number of carbonyl (C=O) groups is 2. The third-order valence-electron chi connectivity index (χ3n) is 4.45. The summed E-state index contributed by atoms with van der Waals surface area (Å²) in [6.07, 6.45) is 2.81. The van der Waals surface area contributed by atoms with Crippen LogP contribution in [0.5, 0.6) is 0 Å². The van der Waals surface area contributed by atoms with E-state index in [1.165, 1.54) is 23.0 Å². The summed E-state index contributed by atoms with van der Waals surface area (Å²) in [4.78, 5) is 32.8. The Bertz CT molecular complexity index is 1260. The van der Waals surface area contributed by atoms with E-state index >= 15 is 0 Å². The van der Waals surface area contributed by atoms with Gasteiger partial charge >= 0.3 is 5.97 Å². The number of thiazole rings is 1. The van der Waals surface area contributed by atoms with Crippen LogP contribution in [0.3, 0.4) is 0 Å². The zero-order chi connectivity index (χ0) is 21.6. The maximum absolute atomic E-state index is 12.1. The standard InChI is InChI=1S/C24H19N3O3S/c1-16-6-8-18(9-7-16)21-15-31-24(26-21)27-22(28)14-30-23(29)13-12-19-11-10-17-4-2-3-5-20(17)25-19/h2-13,15H,14H2,1H3,(H,26,27,28)/b13-12+. The number of aryl methyl sites for hydroxylation is 1. The van der Waals surface area contributed by atoms with E-state index in [2.05, 4.69) is 15.3 Å². The van der Waals surface area contributed by atoms with Crippen LogP contribution in [0, 0.1) is 6.92 Å². The summed E-state index contributed by atoms with van der Waals surface area (Å²) in [5, 5.41) is 5.99. The highest BCUT2D eigenvalue weighted by atomic mass is 32.1. The fourth-order valence-corrected chi connectivity index (χ4v) is 3.59. The van der Waals surface area contributed by atoms with Gasteiger partial charge in [0.1, 0.15) is 0 Å². The summed E-state index contributed by atoms with van der Waals surface area (Å²) in [7, 11) is 0. The molecule has 0 bridgehead atoms. The van der Waals surface area contributed by atoms with Crippen LogP contribution in [-0.4, -0.2) is 28.5 Å². The number of nitrogens with one attached hydrogen (secondary N) is 1. The molecule has 4 rings (SSSR count). The Kier molecular flexibility index (Phi) is 6.14. The van der Waals surface area contributed by atoms with E-state index in [0.717, 1.165) is 22.2 Å². The maximum Gasteiger partial charge on any atom is 0.331 e. The maximum atomic E-state index is 12.1. The normalized spacial score (nSPS) is 11.0. The Labute approximate surface area is 183 Å². The number of nitrogens with zero attached hydrogens (tertiary/aromatic N) is 2. The van der Waals surface area contributed by atoms with Gasteiger partial charge in [-0.3, -0.25) is 10.1 Å². The van der Waals surface area contributed by atoms with E-state index in [9.17, 15) is 9.59 Å². The molecule has 0 radical (unpaired) electrons. The summed E-state index contributed by atoms with van der Waals surface area (Å²) in [6.45, 7) is 1.62. The zero-order valence-electron chi connectivity index (χ0n) is 16.7. The smallest absolute Gasteiger partial charge is 0.331 e. The van der Waals surface area contributed by atoms with E-state index in [-0.39, 0.29) is 0 Å². The number of hydrogen-bond acceptors (Lipinski definition) is 6. The molecule has 2 aromatic carbocycles. The van der Waals surface area contributed by atoms with Crippen LogP contribution in [0.15, 0.2) is 72.1 Å². The lowest BCUT2D eigenvalue weighted by molar-refractivity contribution is -0.142. The SMILES string of the molecule is Cc1ccc(-c2csc(NC(=O)COC(=O)/C=C/c3ccc4ccccc4n3)n2)cc1. The molecule has 0 saturated heterocycles. The highest BCUT2D eigenvalue weighted by Gasteiger charge is 2.10. The molecule has 0 fully saturated rings. The quantitative estimate of drug-likeness (QED) is 0.350. The number of rotatable bonds is 6. The Balaban J connectivity index is 1.28. The first-order valence-corrected chi connectivity index (χ1v) is 10.5. The number of esters is 1. The van der Waals surface area contributed by atoms with Crippen molar-refractivity contribution in [2.45, 2.75) is 6.92 Å². The third kappa shape index (κ3) is 5.40. The van der Waals surface area contributed by atoms with Gasteiger partial charge in [-0.1, -0.05) is 54.1 Å². The summed E-state index contributed by atoms with van der Waals surface area (Å²) in [5.74, 6) is -1.07. The van der Waals surface area contributed by atoms with Crippen LogP contribution < -0.4 is 5.32 Å². The summed E-state index contributed by atoms with van der Waals surface area (Å²) >= 11 is 1.31. The second kappa shape index (κ2) is 9.32. The number of para-hydroxylation sites is 1. The van der Waals surface area contributed by atoms with Crippen LogP contribution in [-0.2, 0) is 14.3 Å². The highest BCUT2D eigenvalue weighted by molar-refractivity contribution is 7.14. The largest absolute Gasteiger partial charge is 0.452 e. The van der Waals surface area contributed by atoms with Crippen LogP contribution in [0.25, 0.3) is 28.2 Å². The van der Waals surface area contributed by atoms with Crippen molar-refractivity contribution in [3.63, 3.8) is 0 Å². The molecule has 31 heavy (non-hydrogen) atoms. The van der Waals surface area contributed by atoms with Crippen LogP contribution in [0.2, 0.25) is 0 Å². The van der Waals surface area contributed by atoms with Crippen LogP contribution in [0.4, 0.5) is 5.13 Å². The predicted octanol–water partition coefficient (Wildman–Crippen LogP) is 4.86. The lowest BCUT2D eigenvalue weighted by Crippen LogP contribution is -2.20. The molecule has 0 aliphatic heterocycles. The molecule has 0 spiro atoms. The molecule has 0 aliphatic carbocycles. The Hall–Kier alpha value is -3.84. The van der Waals surface area contributed by atoms with Crippen molar-refractivity contribution < 1.29 is 14.3 Å². The molecule has 0 atom stereocenters. The molecule has 2 aromatic heterocycles. The molecule has 154 valence electrons. The molecular weight excluding hydrogens is 410 g/mol. The minimum atomic E-state index is -0.621. The number of benzene rings is 2. The molecule has 6 nitrogen and oxygen atoms in total. The molecule has 2 heterocycles. The monoisotopic (exact) mass is 429 g/mol. The minimum Gasteiger partial charge on any atom is -0.452 e. The number of fused-ring (bicyclic) bond motifs is 1. The third-order valence-corrected chi connectivity index (χ3v) is 5.21. The number of amides is 1. The highest BCUT2D eigenvalue weighted by Crippen LogP contribution is 2.25. The first-order chi connectivity index (χ1) is 15.1. The molecule has 7 heteroatoms. The number of carbonyl (C=O) groups excluding carboxylic acids is 2. The van der Waals surface area contributed by atoms with Gasteiger partial charge in [-0.2, -0.15) is 0 Å². The van der Waals surface area contributed by atoms with Gasteiger partial charge in [-0.05, 0) is 25.1 Å². The second-order valence-electron chi connectivity index (χ2n) is 6.82. The number of pyridine rings is 1. The predicted molar refractivity (Wildman–Crippen MR) is 123 cm³/mol. The van der Waals surface area contributed by atoms with Crippen molar-refractivity contribution in [1.29, 1.82) is 0 Å². The average Bonchev–Trinajstić information content (AvgIpc) is 3.25. The Morgan fingerprint density at radius 1 is 1.03 bits per heavy atom. The van der Waals surface area contributed by atoms with Crippen LogP contribution in [0.1, 0.15) is 11.3 Å². The molecular formula is C24H19N3O3S. The van der Waals surface area contributed by atoms with Gasteiger partial charge < -0.3 is 4.74 Å². The van der Waals surface area contributed by atoms with Crippen molar-refractivity contribution in [2.24, 2.45) is 0 Å². The summed E-state index contributed by atoms with van der Waals surface area (Å²) in [5.41, 5.74) is 4.39. The average molecular weight is 430 g/mol. The van der Waals surface area contributed by atoms with Crippen molar-refractivity contribution >= 4 is 45.3 Å². The lowest BCUT2D eigenvalue weighted by Gasteiger charge is -2.02. The molecule has 1 N–H and O–H groups in total. The summed E-state index contributed by atoms with van der Waals surface area (Å²) in [6, 6.07) is 19.4. The number of aromatic nitrogens is 2. The van der Waals surface area contributed by atoms with Gasteiger partial charge in [-0.15, -0.1) is 11.3 Å². The minimum absolute atomic E-state index is 0.395. The van der Waals surface area contributed by atoms with Gasteiger partial charge in [0, 0.05) is 22.4 Å². The number of ether oxygens (including phenoxy) is 1. The van der Waals surface area contributed by atoms with Crippen LogP contribution >= 0.6 is 11.3 Å². The van der Waals surface area contributed by atoms with E-state index in [0.29, 0.717) is 10.8 Å². The van der Waals surface area contributed by atoms with E-state index in [4.69, 9.17) is 4.74 Å². The molecule has 0 saturated carbocycles. The second-order valence-corrected chi connectivity index (χ2v) is 7.68. The van der Waals surface area contributed by atoms with Crippen molar-refractivity contribution in [3.8, 4) is 11.3 Å². The van der Waals surface area contributed by atoms with Gasteiger partial charge in [0.25, 0.3) is 5.91 Å². The molecule has 1 amide bonds. The fraction of sp³-hybridized carbons (Fsp3) is 0.0833.